The Balaban J connectivity index is 1.90. The summed E-state index contributed by atoms with van der Waals surface area (Å²) in [5.74, 6) is 1.62. The van der Waals surface area contributed by atoms with E-state index in [4.69, 9.17) is 0 Å². The molecular formula is C13H23NO. The highest BCUT2D eigenvalue weighted by Crippen LogP contribution is 2.31. The summed E-state index contributed by atoms with van der Waals surface area (Å²) in [7, 11) is 0. The quantitative estimate of drug-likeness (QED) is 0.696. The molecule has 0 radical (unpaired) electrons. The van der Waals surface area contributed by atoms with Gasteiger partial charge in [0.1, 0.15) is 5.78 Å². The molecule has 0 spiro atoms. The molecule has 0 aromatic rings. The average molecular weight is 209 g/mol. The van der Waals surface area contributed by atoms with Crippen molar-refractivity contribution in [1.29, 1.82) is 0 Å². The maximum Gasteiger partial charge on any atom is 0.138 e. The van der Waals surface area contributed by atoms with Gasteiger partial charge < -0.3 is 0 Å². The number of nitrogens with zero attached hydrogens (tertiary/aromatic N) is 1. The van der Waals surface area contributed by atoms with Gasteiger partial charge in [0, 0.05) is 31.5 Å². The molecule has 1 aliphatic carbocycles. The van der Waals surface area contributed by atoms with Crippen molar-refractivity contribution < 1.29 is 4.79 Å². The Kier molecular flexibility index (Phi) is 3.45. The summed E-state index contributed by atoms with van der Waals surface area (Å²) < 4.78 is 0. The Labute approximate surface area is 93.0 Å². The maximum absolute atomic E-state index is 11.5. The van der Waals surface area contributed by atoms with Crippen LogP contribution in [-0.4, -0.2) is 29.8 Å². The number of hydrogen-bond acceptors (Lipinski definition) is 2. The van der Waals surface area contributed by atoms with Crippen LogP contribution in [0.5, 0.6) is 0 Å². The minimum Gasteiger partial charge on any atom is -0.299 e. The normalized spacial score (nSPS) is 32.1. The second kappa shape index (κ2) is 4.65. The molecule has 1 heterocycles. The Morgan fingerprint density at radius 2 is 2.00 bits per heavy atom. The van der Waals surface area contributed by atoms with Crippen molar-refractivity contribution in [3.8, 4) is 0 Å². The highest BCUT2D eigenvalue weighted by molar-refractivity contribution is 5.81. The number of carbonyl (C=O) groups is 1. The van der Waals surface area contributed by atoms with E-state index in [1.807, 2.05) is 0 Å². The van der Waals surface area contributed by atoms with E-state index in [2.05, 4.69) is 18.7 Å². The molecule has 15 heavy (non-hydrogen) atoms. The Bertz CT molecular complexity index is 233. The summed E-state index contributed by atoms with van der Waals surface area (Å²) in [6.07, 6.45) is 6.41. The van der Waals surface area contributed by atoms with Gasteiger partial charge in [0.05, 0.1) is 0 Å². The van der Waals surface area contributed by atoms with E-state index in [0.717, 1.165) is 25.4 Å². The second-order valence-electron chi connectivity index (χ2n) is 5.40. The van der Waals surface area contributed by atoms with Crippen LogP contribution in [0, 0.1) is 11.8 Å². The van der Waals surface area contributed by atoms with Crippen LogP contribution in [0.25, 0.3) is 0 Å². The Morgan fingerprint density at radius 3 is 2.60 bits per heavy atom. The molecule has 1 saturated carbocycles. The fourth-order valence-electron chi connectivity index (χ4n) is 3.15. The van der Waals surface area contributed by atoms with Crippen molar-refractivity contribution in [2.75, 3.05) is 13.1 Å². The van der Waals surface area contributed by atoms with Gasteiger partial charge in [-0.15, -0.1) is 0 Å². The predicted molar refractivity (Wildman–Crippen MR) is 61.8 cm³/mol. The third-order valence-corrected chi connectivity index (χ3v) is 4.36. The molecule has 86 valence electrons. The lowest BCUT2D eigenvalue weighted by Gasteiger charge is -2.37. The highest BCUT2D eigenvalue weighted by Gasteiger charge is 2.31. The van der Waals surface area contributed by atoms with E-state index in [1.54, 1.807) is 0 Å². The number of ketones is 1. The zero-order valence-corrected chi connectivity index (χ0v) is 10.0. The van der Waals surface area contributed by atoms with Gasteiger partial charge >= 0.3 is 0 Å². The third-order valence-electron chi connectivity index (χ3n) is 4.36. The van der Waals surface area contributed by atoms with Gasteiger partial charge in [-0.05, 0) is 25.7 Å². The fourth-order valence-corrected chi connectivity index (χ4v) is 3.15. The van der Waals surface area contributed by atoms with E-state index in [0.29, 0.717) is 11.8 Å². The lowest BCUT2D eigenvalue weighted by Crippen LogP contribution is -2.46. The minimum atomic E-state index is 0.266. The number of piperidine rings is 1. The van der Waals surface area contributed by atoms with E-state index in [1.165, 1.54) is 25.7 Å². The first-order valence-electron chi connectivity index (χ1n) is 6.45. The molecule has 1 aliphatic heterocycles. The monoisotopic (exact) mass is 209 g/mol. The number of carbonyl (C=O) groups excluding carboxylic acids is 1. The molecule has 2 atom stereocenters. The fraction of sp³-hybridized carbons (Fsp3) is 0.923. The van der Waals surface area contributed by atoms with Crippen LogP contribution >= 0.6 is 0 Å². The summed E-state index contributed by atoms with van der Waals surface area (Å²) >= 11 is 0. The predicted octanol–water partition coefficient (Wildman–Crippen LogP) is 2.48. The molecule has 2 unspecified atom stereocenters. The van der Waals surface area contributed by atoms with Gasteiger partial charge in [0.2, 0.25) is 0 Å². The van der Waals surface area contributed by atoms with E-state index < -0.39 is 0 Å². The van der Waals surface area contributed by atoms with Crippen LogP contribution < -0.4 is 0 Å². The van der Waals surface area contributed by atoms with Crippen LogP contribution in [0.1, 0.15) is 46.0 Å². The number of Topliss-reactive ketones (excluding diaryl/α,β-unsaturated/α-hetero) is 1. The minimum absolute atomic E-state index is 0.266. The van der Waals surface area contributed by atoms with E-state index in [-0.39, 0.29) is 5.92 Å². The van der Waals surface area contributed by atoms with Crippen LogP contribution in [0.2, 0.25) is 0 Å². The standard InChI is InChI=1S/C13H23NO/c1-10-9-14(8-7-13(10)15)11(2)12-5-3-4-6-12/h10-12H,3-9H2,1-2H3. The number of hydrogen-bond donors (Lipinski definition) is 0. The SMILES string of the molecule is CC1CN(C(C)C2CCCC2)CCC1=O. The molecule has 0 aromatic heterocycles. The molecule has 0 bridgehead atoms. The van der Waals surface area contributed by atoms with Crippen molar-refractivity contribution in [3.05, 3.63) is 0 Å². The van der Waals surface area contributed by atoms with E-state index in [9.17, 15) is 4.79 Å². The molecular weight excluding hydrogens is 186 g/mol. The largest absolute Gasteiger partial charge is 0.299 e. The van der Waals surface area contributed by atoms with Crippen LogP contribution in [0.15, 0.2) is 0 Å². The summed E-state index contributed by atoms with van der Waals surface area (Å²) in [6, 6.07) is 0.697. The number of likely N-dealkylation sites (tertiary alicyclic amines) is 1. The van der Waals surface area contributed by atoms with E-state index >= 15 is 0 Å². The zero-order chi connectivity index (χ0) is 10.8. The summed E-state index contributed by atoms with van der Waals surface area (Å²) in [5.41, 5.74) is 0. The highest BCUT2D eigenvalue weighted by atomic mass is 16.1. The first-order chi connectivity index (χ1) is 7.18. The second-order valence-corrected chi connectivity index (χ2v) is 5.40. The summed E-state index contributed by atoms with van der Waals surface area (Å²) in [4.78, 5) is 14.0. The summed E-state index contributed by atoms with van der Waals surface area (Å²) in [5, 5.41) is 0. The molecule has 2 heteroatoms. The lowest BCUT2D eigenvalue weighted by atomic mass is 9.92. The molecule has 2 nitrogen and oxygen atoms in total. The van der Waals surface area contributed by atoms with Gasteiger partial charge in [-0.1, -0.05) is 19.8 Å². The molecule has 2 rings (SSSR count). The van der Waals surface area contributed by atoms with Crippen LogP contribution in [-0.2, 0) is 4.79 Å². The molecule has 0 N–H and O–H groups in total. The third kappa shape index (κ3) is 2.41. The van der Waals surface area contributed by atoms with Crippen molar-refractivity contribution >= 4 is 5.78 Å². The van der Waals surface area contributed by atoms with Gasteiger partial charge in [-0.2, -0.15) is 0 Å². The average Bonchev–Trinajstić information content (AvgIpc) is 2.74. The topological polar surface area (TPSA) is 20.3 Å². The zero-order valence-electron chi connectivity index (χ0n) is 10.0. The lowest BCUT2D eigenvalue weighted by molar-refractivity contribution is -0.126. The smallest absolute Gasteiger partial charge is 0.138 e. The molecule has 2 fully saturated rings. The molecule has 0 amide bonds. The van der Waals surface area contributed by atoms with Crippen LogP contribution in [0.4, 0.5) is 0 Å². The van der Waals surface area contributed by atoms with Gasteiger partial charge in [0.15, 0.2) is 0 Å². The number of rotatable bonds is 2. The van der Waals surface area contributed by atoms with Gasteiger partial charge in [0.25, 0.3) is 0 Å². The Hall–Kier alpha value is -0.370. The van der Waals surface area contributed by atoms with Crippen molar-refractivity contribution in [1.82, 2.24) is 4.90 Å². The first-order valence-corrected chi connectivity index (χ1v) is 6.45. The van der Waals surface area contributed by atoms with Crippen molar-refractivity contribution in [2.24, 2.45) is 11.8 Å². The first kappa shape index (κ1) is 11.1. The van der Waals surface area contributed by atoms with Crippen molar-refractivity contribution in [3.63, 3.8) is 0 Å². The molecule has 1 saturated heterocycles. The summed E-state index contributed by atoms with van der Waals surface area (Å²) in [6.45, 7) is 6.44. The van der Waals surface area contributed by atoms with Crippen LogP contribution in [0.3, 0.4) is 0 Å². The Morgan fingerprint density at radius 1 is 1.33 bits per heavy atom. The molecule has 0 aromatic carbocycles. The van der Waals surface area contributed by atoms with Gasteiger partial charge in [-0.25, -0.2) is 0 Å². The maximum atomic E-state index is 11.5. The van der Waals surface area contributed by atoms with Gasteiger partial charge in [-0.3, -0.25) is 9.69 Å². The molecule has 2 aliphatic rings. The van der Waals surface area contributed by atoms with Crippen molar-refractivity contribution in [2.45, 2.75) is 52.0 Å².